The zero-order chi connectivity index (χ0) is 17.2. The van der Waals surface area contributed by atoms with Crippen LogP contribution in [0, 0.1) is 0 Å². The van der Waals surface area contributed by atoms with Gasteiger partial charge in [-0.25, -0.2) is 4.79 Å². The van der Waals surface area contributed by atoms with Crippen molar-refractivity contribution in [2.24, 2.45) is 0 Å². The van der Waals surface area contributed by atoms with E-state index < -0.39 is 0 Å². The van der Waals surface area contributed by atoms with E-state index >= 15 is 0 Å². The largest absolute Gasteiger partial charge is 0.323 e. The number of urea groups is 1. The smallest absolute Gasteiger partial charge is 0.322 e. The first-order valence-corrected chi connectivity index (χ1v) is 7.51. The molecule has 0 aromatic heterocycles. The third kappa shape index (κ3) is 5.81. The van der Waals surface area contributed by atoms with Crippen LogP contribution in [0.4, 0.5) is 21.9 Å². The van der Waals surface area contributed by atoms with Crippen molar-refractivity contribution in [2.45, 2.75) is 6.92 Å². The van der Waals surface area contributed by atoms with E-state index in [-0.39, 0.29) is 11.9 Å². The van der Waals surface area contributed by atoms with Crippen LogP contribution in [-0.4, -0.2) is 11.9 Å². The van der Waals surface area contributed by atoms with Gasteiger partial charge in [-0.1, -0.05) is 42.5 Å². The Morgan fingerprint density at radius 3 is 2.12 bits per heavy atom. The first kappa shape index (κ1) is 17.0. The van der Waals surface area contributed by atoms with Crippen molar-refractivity contribution < 1.29 is 9.59 Å². The molecule has 0 unspecified atom stereocenters. The van der Waals surface area contributed by atoms with Gasteiger partial charge in [0.25, 0.3) is 0 Å². The zero-order valence-corrected chi connectivity index (χ0v) is 13.3. The number of rotatable bonds is 5. The highest BCUT2D eigenvalue weighted by atomic mass is 16.2. The number of amides is 3. The van der Waals surface area contributed by atoms with E-state index in [1.807, 2.05) is 31.2 Å². The van der Waals surface area contributed by atoms with Gasteiger partial charge in [-0.2, -0.15) is 0 Å². The molecule has 0 saturated heterocycles. The predicted molar refractivity (Wildman–Crippen MR) is 98.1 cm³/mol. The average Bonchev–Trinajstić information content (AvgIpc) is 2.56. The highest BCUT2D eigenvalue weighted by Crippen LogP contribution is 2.15. The number of anilines is 3. The van der Waals surface area contributed by atoms with E-state index in [4.69, 9.17) is 0 Å². The quantitative estimate of drug-likeness (QED) is 0.564. The van der Waals surface area contributed by atoms with Crippen molar-refractivity contribution in [3.63, 3.8) is 0 Å². The summed E-state index contributed by atoms with van der Waals surface area (Å²) in [5.41, 5.74) is 1.88. The van der Waals surface area contributed by atoms with E-state index in [2.05, 4.69) is 16.0 Å². The SMILES string of the molecule is C/C=C/C=C/C(=O)Nc1cccc(NC(=O)Nc2ccccc2)c1. The van der Waals surface area contributed by atoms with E-state index in [1.165, 1.54) is 6.08 Å². The first-order chi connectivity index (χ1) is 11.7. The normalized spacial score (nSPS) is 10.7. The summed E-state index contributed by atoms with van der Waals surface area (Å²) in [6.07, 6.45) is 6.69. The van der Waals surface area contributed by atoms with Crippen LogP contribution in [0.15, 0.2) is 78.9 Å². The van der Waals surface area contributed by atoms with Crippen LogP contribution in [-0.2, 0) is 4.79 Å². The van der Waals surface area contributed by atoms with Crippen LogP contribution >= 0.6 is 0 Å². The van der Waals surface area contributed by atoms with Gasteiger partial charge in [-0.15, -0.1) is 0 Å². The number of hydrogen-bond acceptors (Lipinski definition) is 2. The Bertz CT molecular complexity index is 752. The number of benzene rings is 2. The molecule has 24 heavy (non-hydrogen) atoms. The molecule has 2 aromatic rings. The number of carbonyl (C=O) groups is 2. The summed E-state index contributed by atoms with van der Waals surface area (Å²) in [6.45, 7) is 1.87. The maximum Gasteiger partial charge on any atom is 0.323 e. The lowest BCUT2D eigenvalue weighted by molar-refractivity contribution is -0.111. The third-order valence-corrected chi connectivity index (χ3v) is 2.97. The molecule has 0 heterocycles. The molecule has 0 saturated carbocycles. The van der Waals surface area contributed by atoms with Gasteiger partial charge in [-0.3, -0.25) is 4.79 Å². The summed E-state index contributed by atoms with van der Waals surface area (Å²) < 4.78 is 0. The fourth-order valence-electron chi connectivity index (χ4n) is 1.93. The van der Waals surface area contributed by atoms with Crippen LogP contribution < -0.4 is 16.0 Å². The molecular formula is C19H19N3O2. The molecule has 0 atom stereocenters. The van der Waals surface area contributed by atoms with Crippen molar-refractivity contribution in [3.05, 3.63) is 78.9 Å². The van der Waals surface area contributed by atoms with Gasteiger partial charge in [-0.05, 0) is 37.3 Å². The van der Waals surface area contributed by atoms with Crippen molar-refractivity contribution in [1.82, 2.24) is 0 Å². The zero-order valence-electron chi connectivity index (χ0n) is 13.3. The van der Waals surface area contributed by atoms with Crippen molar-refractivity contribution in [1.29, 1.82) is 0 Å². The maximum atomic E-state index is 12.0. The van der Waals surface area contributed by atoms with Crippen LogP contribution in [0.1, 0.15) is 6.92 Å². The highest BCUT2D eigenvalue weighted by molar-refractivity contribution is 6.02. The molecule has 5 nitrogen and oxygen atoms in total. The number of nitrogens with one attached hydrogen (secondary N) is 3. The third-order valence-electron chi connectivity index (χ3n) is 2.97. The topological polar surface area (TPSA) is 70.2 Å². The first-order valence-electron chi connectivity index (χ1n) is 7.51. The molecule has 0 aliphatic rings. The van der Waals surface area contributed by atoms with Gasteiger partial charge in [0.15, 0.2) is 0 Å². The van der Waals surface area contributed by atoms with E-state index in [0.29, 0.717) is 17.1 Å². The Kier molecular flexibility index (Phi) is 6.35. The standard InChI is InChI=1S/C19H19N3O2/c1-2-3-5-13-18(23)20-16-11-8-12-17(14-16)22-19(24)21-15-9-6-4-7-10-15/h2-14H,1H3,(H,20,23)(H2,21,22,24)/b3-2+,13-5+. The van der Waals surface area contributed by atoms with Crippen molar-refractivity contribution >= 4 is 29.0 Å². The molecule has 0 fully saturated rings. The Balaban J connectivity index is 1.94. The van der Waals surface area contributed by atoms with Crippen LogP contribution in [0.25, 0.3) is 0 Å². The molecule has 2 rings (SSSR count). The molecule has 0 spiro atoms. The van der Waals surface area contributed by atoms with Crippen LogP contribution in [0.2, 0.25) is 0 Å². The van der Waals surface area contributed by atoms with Gasteiger partial charge >= 0.3 is 6.03 Å². The van der Waals surface area contributed by atoms with Crippen LogP contribution in [0.3, 0.4) is 0 Å². The fourth-order valence-corrected chi connectivity index (χ4v) is 1.93. The van der Waals surface area contributed by atoms with E-state index in [0.717, 1.165) is 0 Å². The molecular weight excluding hydrogens is 302 g/mol. The minimum absolute atomic E-state index is 0.237. The predicted octanol–water partition coefficient (Wildman–Crippen LogP) is 4.40. The number of para-hydroxylation sites is 1. The molecule has 0 aliphatic heterocycles. The summed E-state index contributed by atoms with van der Waals surface area (Å²) in [5.74, 6) is -0.237. The molecule has 2 aromatic carbocycles. The summed E-state index contributed by atoms with van der Waals surface area (Å²) in [7, 11) is 0. The Morgan fingerprint density at radius 1 is 0.792 bits per heavy atom. The molecule has 3 amide bonds. The van der Waals surface area contributed by atoms with Gasteiger partial charge in [0.05, 0.1) is 0 Å². The molecule has 0 aliphatic carbocycles. The average molecular weight is 321 g/mol. The summed E-state index contributed by atoms with van der Waals surface area (Å²) >= 11 is 0. The van der Waals surface area contributed by atoms with Crippen LogP contribution in [0.5, 0.6) is 0 Å². The minimum atomic E-state index is -0.349. The lowest BCUT2D eigenvalue weighted by Gasteiger charge is -2.09. The van der Waals surface area contributed by atoms with Crippen molar-refractivity contribution in [2.75, 3.05) is 16.0 Å². The van der Waals surface area contributed by atoms with Gasteiger partial charge in [0.2, 0.25) is 5.91 Å². The maximum absolute atomic E-state index is 12.0. The summed E-state index contributed by atoms with van der Waals surface area (Å²) in [4.78, 5) is 23.7. The van der Waals surface area contributed by atoms with Crippen molar-refractivity contribution in [3.8, 4) is 0 Å². The fraction of sp³-hybridized carbons (Fsp3) is 0.0526. The highest BCUT2D eigenvalue weighted by Gasteiger charge is 2.04. The summed E-state index contributed by atoms with van der Waals surface area (Å²) in [5, 5.41) is 8.19. The second-order valence-electron chi connectivity index (χ2n) is 4.90. The van der Waals surface area contributed by atoms with E-state index in [9.17, 15) is 9.59 Å². The van der Waals surface area contributed by atoms with Gasteiger partial charge < -0.3 is 16.0 Å². The van der Waals surface area contributed by atoms with Gasteiger partial charge in [0.1, 0.15) is 0 Å². The molecule has 3 N–H and O–H groups in total. The van der Waals surface area contributed by atoms with E-state index in [1.54, 1.807) is 48.6 Å². The second-order valence-corrected chi connectivity index (χ2v) is 4.90. The summed E-state index contributed by atoms with van der Waals surface area (Å²) in [6, 6.07) is 15.7. The Labute approximate surface area is 141 Å². The number of carbonyl (C=O) groups excluding carboxylic acids is 2. The molecule has 122 valence electrons. The monoisotopic (exact) mass is 321 g/mol. The Hall–Kier alpha value is -3.34. The Morgan fingerprint density at radius 2 is 1.42 bits per heavy atom. The minimum Gasteiger partial charge on any atom is -0.322 e. The van der Waals surface area contributed by atoms with Gasteiger partial charge in [0, 0.05) is 23.1 Å². The lowest BCUT2D eigenvalue weighted by atomic mass is 10.2. The molecule has 0 bridgehead atoms. The molecule has 5 heteroatoms. The second kappa shape index (κ2) is 8.95. The number of hydrogen-bond donors (Lipinski definition) is 3. The lowest BCUT2D eigenvalue weighted by Crippen LogP contribution is -2.19. The molecule has 0 radical (unpaired) electrons. The number of allylic oxidation sites excluding steroid dienone is 3.